The van der Waals surface area contributed by atoms with Gasteiger partial charge in [0.25, 0.3) is 0 Å². The molecule has 808 valence electrons. The van der Waals surface area contributed by atoms with Gasteiger partial charge in [-0.25, -0.2) is 0 Å². The van der Waals surface area contributed by atoms with E-state index >= 15 is 0 Å². The molecule has 0 aromatic heterocycles. The lowest BCUT2D eigenvalue weighted by Gasteiger charge is -2.51. The molecular formula is C76H128N2O61. The van der Waals surface area contributed by atoms with E-state index in [4.69, 9.17) is 109 Å². The van der Waals surface area contributed by atoms with Gasteiger partial charge in [-0.15, -0.1) is 0 Å². The summed E-state index contributed by atoms with van der Waals surface area (Å²) < 4.78 is 135. The fourth-order valence-electron chi connectivity index (χ4n) is 17.9. The van der Waals surface area contributed by atoms with Gasteiger partial charge in [-0.05, 0) is 0 Å². The van der Waals surface area contributed by atoms with E-state index in [0.717, 1.165) is 13.8 Å². The highest BCUT2D eigenvalue weighted by molar-refractivity contribution is 5.73. The molecule has 0 aromatic rings. The highest BCUT2D eigenvalue weighted by Gasteiger charge is 2.64. The van der Waals surface area contributed by atoms with Crippen molar-refractivity contribution in [3.05, 3.63) is 0 Å². The molecule has 60 atom stereocenters. The van der Waals surface area contributed by atoms with Crippen molar-refractivity contribution in [3.8, 4) is 0 Å². The number of aliphatic hydroxyl groups excluding tert-OH is 36. The summed E-state index contributed by atoms with van der Waals surface area (Å²) in [7, 11) is 0. The van der Waals surface area contributed by atoms with Crippen LogP contribution in [0.25, 0.3) is 0 Å². The third-order valence-electron chi connectivity index (χ3n) is 25.9. The van der Waals surface area contributed by atoms with Gasteiger partial charge in [0.1, 0.15) is 293 Å². The van der Waals surface area contributed by atoms with Crippen molar-refractivity contribution in [2.24, 2.45) is 0 Å². The van der Waals surface area contributed by atoms with Gasteiger partial charge < -0.3 is 303 Å². The zero-order valence-electron chi connectivity index (χ0n) is 73.4. The van der Waals surface area contributed by atoms with Crippen LogP contribution in [-0.2, 0) is 119 Å². The van der Waals surface area contributed by atoms with Gasteiger partial charge in [0.15, 0.2) is 75.5 Å². The Kier molecular flexibility index (Phi) is 41.0. The second kappa shape index (κ2) is 49.8. The first-order valence-electron chi connectivity index (χ1n) is 44.2. The summed E-state index contributed by atoms with van der Waals surface area (Å²) in [6.45, 7) is -12.2. The number of hydrogen-bond donors (Lipinski definition) is 38. The molecule has 12 fully saturated rings. The molecule has 0 spiro atoms. The molecule has 12 aliphatic rings. The van der Waals surface area contributed by atoms with Crippen LogP contribution in [0.1, 0.15) is 13.8 Å². The van der Waals surface area contributed by atoms with Crippen molar-refractivity contribution in [1.82, 2.24) is 10.6 Å². The third kappa shape index (κ3) is 24.5. The van der Waals surface area contributed by atoms with Crippen molar-refractivity contribution in [2.45, 2.75) is 382 Å². The lowest BCUT2D eigenvalue weighted by atomic mass is 9.94. The van der Waals surface area contributed by atoms with Crippen molar-refractivity contribution in [2.75, 3.05) is 79.3 Å². The monoisotopic (exact) mass is 2040 g/mol. The highest BCUT2D eigenvalue weighted by Crippen LogP contribution is 2.43. The molecule has 38 N–H and O–H groups in total. The third-order valence-corrected chi connectivity index (χ3v) is 25.9. The van der Waals surface area contributed by atoms with E-state index in [-0.39, 0.29) is 0 Å². The number of nitrogens with one attached hydrogen (secondary N) is 2. The molecule has 12 saturated heterocycles. The average molecular weight is 2050 g/mol. The molecule has 2 amide bonds. The van der Waals surface area contributed by atoms with Crippen LogP contribution in [0.3, 0.4) is 0 Å². The van der Waals surface area contributed by atoms with E-state index in [1.807, 2.05) is 0 Å². The van der Waals surface area contributed by atoms with E-state index in [1.54, 1.807) is 0 Å². The van der Waals surface area contributed by atoms with Gasteiger partial charge in [-0.2, -0.15) is 0 Å². The van der Waals surface area contributed by atoms with E-state index in [1.165, 1.54) is 0 Å². The maximum atomic E-state index is 13.1. The Morgan fingerprint density at radius 2 is 0.396 bits per heavy atom. The Hall–Kier alpha value is -3.42. The minimum Gasteiger partial charge on any atom is -0.394 e. The zero-order chi connectivity index (χ0) is 102. The van der Waals surface area contributed by atoms with Crippen LogP contribution in [0.5, 0.6) is 0 Å². The van der Waals surface area contributed by atoms with Gasteiger partial charge in [0.2, 0.25) is 11.8 Å². The number of rotatable bonds is 36. The Morgan fingerprint density at radius 3 is 0.755 bits per heavy atom. The van der Waals surface area contributed by atoms with Gasteiger partial charge in [-0.3, -0.25) is 9.59 Å². The largest absolute Gasteiger partial charge is 0.394 e. The van der Waals surface area contributed by atoms with E-state index in [9.17, 15) is 193 Å². The summed E-state index contributed by atoms with van der Waals surface area (Å²) in [4.78, 5) is 25.3. The number of aliphatic hydroxyl groups is 36. The molecule has 0 aliphatic carbocycles. The number of hydrogen-bond acceptors (Lipinski definition) is 61. The minimum atomic E-state index is -2.76. The van der Waals surface area contributed by atoms with Crippen LogP contribution in [0.4, 0.5) is 0 Å². The predicted octanol–water partition coefficient (Wildman–Crippen LogP) is -26.9. The second-order valence-electron chi connectivity index (χ2n) is 35.2. The quantitative estimate of drug-likeness (QED) is 0.0277. The fourth-order valence-corrected chi connectivity index (χ4v) is 17.9. The summed E-state index contributed by atoms with van der Waals surface area (Å²) in [6, 6.07) is -3.70. The molecule has 0 radical (unpaired) electrons. The normalized spacial score (nSPS) is 51.9. The SMILES string of the molecule is CC(=O)N[C@@H]1[C@@H](O)[C@H](O[C@@H]2O[C@H](CO)[C@@H](O[C@@H]3O[C@H](CO[C@H]4O[C@H](CO)[C@@H](O)[C@H](O)[C@@H]4O)[C@@H](O)[C@H](O[C@H]4O[C@H](CO[C@H]5O[C@H](CO)[C@@H](O)[C@H](O)[C@@H]5O[C@H]5O[C@H](CO)[C@@H](O)[C@H](O)[C@@H]5O)[C@@H](O)[C@H](O)[C@@H]4O[C@H]4O[C@H](CO)[C@@H](O)[C@H](O)[C@@H]4O[C@H]4O[C@H](CO)[C@@H](O)[C@H](O[C@H]5O[C@H](CO)[C@@H](O)[C@H](O[C@H]6O[C@H](CO)[C@@H](O)[C@H](O)[C@H]6O[C@H]6O[C@H](CO)[C@@H](O)[C@H](O)[C@H]6O)[C@H]5O)[C@@H]4O)[C@@H]3O)[C@H](O)[C@H]2NC(C)=O)[C@@H](CO)O[C@H]1O. The Labute approximate surface area is 784 Å². The van der Waals surface area contributed by atoms with Crippen molar-refractivity contribution >= 4 is 11.8 Å². The Bertz CT molecular complexity index is 3730. The van der Waals surface area contributed by atoms with Gasteiger partial charge in [-0.1, -0.05) is 0 Å². The first-order chi connectivity index (χ1) is 65.9. The van der Waals surface area contributed by atoms with Gasteiger partial charge in [0, 0.05) is 13.8 Å². The molecule has 0 aromatic carbocycles. The minimum absolute atomic E-state index is 0.825. The lowest BCUT2D eigenvalue weighted by Crippen LogP contribution is -2.70. The van der Waals surface area contributed by atoms with Gasteiger partial charge in [0.05, 0.1) is 79.3 Å². The summed E-state index contributed by atoms with van der Waals surface area (Å²) in [5, 5.41) is 408. The number of amides is 2. The van der Waals surface area contributed by atoms with E-state index < -0.39 is 459 Å². The summed E-state index contributed by atoms with van der Waals surface area (Å²) in [5.41, 5.74) is 0. The van der Waals surface area contributed by atoms with Gasteiger partial charge >= 0.3 is 0 Å². The molecule has 0 unspecified atom stereocenters. The molecular weight excluding hydrogens is 1920 g/mol. The maximum absolute atomic E-state index is 13.1. The van der Waals surface area contributed by atoms with Crippen LogP contribution in [-0.4, -0.2) is 643 Å². The lowest BCUT2D eigenvalue weighted by molar-refractivity contribution is -0.414. The molecule has 63 heteroatoms. The van der Waals surface area contributed by atoms with Crippen LogP contribution in [0.2, 0.25) is 0 Å². The summed E-state index contributed by atoms with van der Waals surface area (Å²) in [5.74, 6) is -1.82. The molecule has 0 bridgehead atoms. The fraction of sp³-hybridized carbons (Fsp3) is 0.974. The molecule has 12 heterocycles. The summed E-state index contributed by atoms with van der Waals surface area (Å²) in [6.07, 6.45) is -130. The number of ether oxygens (including phenoxy) is 23. The second-order valence-corrected chi connectivity index (χ2v) is 35.2. The standard InChI is InChI=1S/C76H128N2O61/c1-15(89)77-29-41(101)56(25(11-87)119-65(29)116)131-66-30(78-16(2)90)42(102)57(26(12-88)128-66)132-72-55(115)60(40(100)28(129-72)14-117-67-50(110)43(103)31(91)17(3-79)120-67)135-76-64(49(109)37(97)27(130-76)13-118-73-61(46(106)34(94)20(6-82)125-73)136-68-51(111)44(104)32(92)18(4-80)121-68)139-75-63(48(108)36(96)22(8-84)127-75)138-71-53(113)58(38(98)23(9-85)124-71)133-70-54(114)59(39(99)24(10-86)123-70)134-74-62(47(107)35(95)21(7-83)126-74)137-69-52(112)45(105)33(93)19(5-81)122-69/h17-76,79-88,91-116H,3-14H2,1-2H3,(H,77,89)(H,78,90)/t17-,18-,19-,20-,21-,22-,23-,24-,25-,26-,27-,28-,29-,30-,31-,32-,33-,34-,35-,36-,37-,38-,39-,40-,41-,42-,43+,44+,45+,46+,47+,48+,49+,50+,51+,52-,53+,54-,55+,56-,57-,58+,59+,60+,61+,62-,63+,64+,65-,66+,67+,68-,69-,70-,71-,72+,73+,74-,75-,76-/m1/s1. The predicted molar refractivity (Wildman–Crippen MR) is 418 cm³/mol. The van der Waals surface area contributed by atoms with Crippen molar-refractivity contribution in [1.29, 1.82) is 0 Å². The van der Waals surface area contributed by atoms with Crippen LogP contribution < -0.4 is 10.6 Å². The van der Waals surface area contributed by atoms with Crippen LogP contribution in [0.15, 0.2) is 0 Å². The smallest absolute Gasteiger partial charge is 0.217 e. The highest BCUT2D eigenvalue weighted by atomic mass is 16.8. The molecule has 63 nitrogen and oxygen atoms in total. The Morgan fingerprint density at radius 1 is 0.187 bits per heavy atom. The molecule has 12 aliphatic heterocycles. The average Bonchev–Trinajstić information content (AvgIpc) is 0.758. The first-order valence-corrected chi connectivity index (χ1v) is 44.2. The zero-order valence-corrected chi connectivity index (χ0v) is 73.4. The maximum Gasteiger partial charge on any atom is 0.217 e. The molecule has 12 rings (SSSR count). The topological polar surface area (TPSA) is 999 Å². The number of carbonyl (C=O) groups excluding carboxylic acids is 2. The van der Waals surface area contributed by atoms with E-state index in [2.05, 4.69) is 10.6 Å². The van der Waals surface area contributed by atoms with Crippen LogP contribution >= 0.6 is 0 Å². The van der Waals surface area contributed by atoms with Crippen LogP contribution in [0, 0.1) is 0 Å². The number of carbonyl (C=O) groups is 2. The Balaban J connectivity index is 0.879. The first kappa shape index (κ1) is 114. The molecule has 139 heavy (non-hydrogen) atoms. The molecule has 0 saturated carbocycles. The summed E-state index contributed by atoms with van der Waals surface area (Å²) >= 11 is 0. The van der Waals surface area contributed by atoms with Crippen molar-refractivity contribution < 1.29 is 302 Å². The van der Waals surface area contributed by atoms with E-state index in [0.29, 0.717) is 0 Å². The van der Waals surface area contributed by atoms with Crippen molar-refractivity contribution in [3.63, 3.8) is 0 Å².